The molecule has 106 valence electrons. The second-order valence-corrected chi connectivity index (χ2v) is 5.61. The van der Waals surface area contributed by atoms with E-state index in [1.165, 1.54) is 37.8 Å². The summed E-state index contributed by atoms with van der Waals surface area (Å²) in [6, 6.07) is 7.14. The van der Waals surface area contributed by atoms with Crippen molar-refractivity contribution in [2.24, 2.45) is 0 Å². The van der Waals surface area contributed by atoms with E-state index >= 15 is 0 Å². The van der Waals surface area contributed by atoms with Gasteiger partial charge in [-0.25, -0.2) is 0 Å². The van der Waals surface area contributed by atoms with Crippen molar-refractivity contribution >= 4 is 0 Å². The summed E-state index contributed by atoms with van der Waals surface area (Å²) in [4.78, 5) is 7.23. The highest BCUT2D eigenvalue weighted by Gasteiger charge is 2.18. The summed E-state index contributed by atoms with van der Waals surface area (Å²) in [7, 11) is 2.24. The Morgan fingerprint density at radius 1 is 1.21 bits per heavy atom. The summed E-state index contributed by atoms with van der Waals surface area (Å²) in [6.07, 6.45) is 6.91. The SMILES string of the molecule is CCNCc1cccc(CN(C)C2CCCCC2)n1. The monoisotopic (exact) mass is 261 g/mol. The predicted molar refractivity (Wildman–Crippen MR) is 80.0 cm³/mol. The van der Waals surface area contributed by atoms with E-state index in [2.05, 4.69) is 42.4 Å². The maximum atomic E-state index is 4.74. The molecule has 1 fully saturated rings. The standard InChI is InChI=1S/C16H27N3/c1-3-17-12-14-8-7-9-15(18-14)13-19(2)16-10-5-4-6-11-16/h7-9,16-17H,3-6,10-13H2,1-2H3. The lowest BCUT2D eigenvalue weighted by atomic mass is 9.94. The molecule has 0 aromatic carbocycles. The van der Waals surface area contributed by atoms with E-state index in [0.29, 0.717) is 0 Å². The first-order valence-electron chi connectivity index (χ1n) is 7.65. The Bertz CT molecular complexity index is 372. The van der Waals surface area contributed by atoms with E-state index < -0.39 is 0 Å². The Balaban J connectivity index is 1.90. The average molecular weight is 261 g/mol. The van der Waals surface area contributed by atoms with Crippen LogP contribution in [0.4, 0.5) is 0 Å². The Kier molecular flexibility index (Phi) is 5.80. The van der Waals surface area contributed by atoms with Crippen molar-refractivity contribution in [3.63, 3.8) is 0 Å². The zero-order valence-electron chi connectivity index (χ0n) is 12.4. The third kappa shape index (κ3) is 4.59. The van der Waals surface area contributed by atoms with Crippen molar-refractivity contribution in [2.75, 3.05) is 13.6 Å². The number of nitrogens with zero attached hydrogens (tertiary/aromatic N) is 2. The van der Waals surface area contributed by atoms with Crippen LogP contribution < -0.4 is 5.32 Å². The molecule has 0 radical (unpaired) electrons. The van der Waals surface area contributed by atoms with Crippen LogP contribution in [-0.2, 0) is 13.1 Å². The molecular formula is C16H27N3. The van der Waals surface area contributed by atoms with Crippen LogP contribution in [0.5, 0.6) is 0 Å². The summed E-state index contributed by atoms with van der Waals surface area (Å²) in [5.41, 5.74) is 2.35. The smallest absolute Gasteiger partial charge is 0.0547 e. The lowest BCUT2D eigenvalue weighted by molar-refractivity contribution is 0.182. The summed E-state index contributed by atoms with van der Waals surface area (Å²) < 4.78 is 0. The molecular weight excluding hydrogens is 234 g/mol. The summed E-state index contributed by atoms with van der Waals surface area (Å²) in [5.74, 6) is 0. The molecule has 0 saturated heterocycles. The topological polar surface area (TPSA) is 28.2 Å². The van der Waals surface area contributed by atoms with Crippen molar-refractivity contribution in [1.29, 1.82) is 0 Å². The van der Waals surface area contributed by atoms with Gasteiger partial charge in [-0.05, 0) is 38.6 Å². The second kappa shape index (κ2) is 7.61. The van der Waals surface area contributed by atoms with Gasteiger partial charge in [-0.2, -0.15) is 0 Å². The Morgan fingerprint density at radius 3 is 2.68 bits per heavy atom. The number of rotatable bonds is 6. The van der Waals surface area contributed by atoms with Gasteiger partial charge >= 0.3 is 0 Å². The van der Waals surface area contributed by atoms with Crippen LogP contribution in [0.25, 0.3) is 0 Å². The molecule has 1 N–H and O–H groups in total. The maximum Gasteiger partial charge on any atom is 0.0547 e. The third-order valence-corrected chi connectivity index (χ3v) is 4.03. The van der Waals surface area contributed by atoms with Gasteiger partial charge < -0.3 is 5.32 Å². The fourth-order valence-corrected chi connectivity index (χ4v) is 2.88. The van der Waals surface area contributed by atoms with Gasteiger partial charge in [0.15, 0.2) is 0 Å². The van der Waals surface area contributed by atoms with Crippen LogP contribution in [0.1, 0.15) is 50.4 Å². The van der Waals surface area contributed by atoms with Gasteiger partial charge in [0.1, 0.15) is 0 Å². The van der Waals surface area contributed by atoms with Gasteiger partial charge in [0.25, 0.3) is 0 Å². The molecule has 0 aliphatic heterocycles. The van der Waals surface area contributed by atoms with E-state index in [-0.39, 0.29) is 0 Å². The molecule has 3 heteroatoms. The molecule has 3 nitrogen and oxygen atoms in total. The molecule has 1 aliphatic rings. The second-order valence-electron chi connectivity index (χ2n) is 5.61. The first-order valence-corrected chi connectivity index (χ1v) is 7.65. The van der Waals surface area contributed by atoms with Crippen molar-refractivity contribution in [3.05, 3.63) is 29.6 Å². The van der Waals surface area contributed by atoms with Crippen LogP contribution in [0.3, 0.4) is 0 Å². The average Bonchev–Trinajstić information content (AvgIpc) is 2.46. The summed E-state index contributed by atoms with van der Waals surface area (Å²) in [5, 5.41) is 3.33. The molecule has 1 aromatic rings. The highest BCUT2D eigenvalue weighted by atomic mass is 15.1. The van der Waals surface area contributed by atoms with E-state index in [4.69, 9.17) is 4.98 Å². The minimum atomic E-state index is 0.757. The third-order valence-electron chi connectivity index (χ3n) is 4.03. The Morgan fingerprint density at radius 2 is 1.95 bits per heavy atom. The van der Waals surface area contributed by atoms with Crippen molar-refractivity contribution < 1.29 is 0 Å². The minimum absolute atomic E-state index is 0.757. The zero-order valence-corrected chi connectivity index (χ0v) is 12.4. The van der Waals surface area contributed by atoms with Crippen molar-refractivity contribution in [2.45, 2.75) is 58.2 Å². The molecule has 1 heterocycles. The normalized spacial score (nSPS) is 17.0. The largest absolute Gasteiger partial charge is 0.311 e. The molecule has 0 bridgehead atoms. The Labute approximate surface area is 117 Å². The van der Waals surface area contributed by atoms with Gasteiger partial charge in [-0.1, -0.05) is 32.3 Å². The quantitative estimate of drug-likeness (QED) is 0.853. The molecule has 0 spiro atoms. The lowest BCUT2D eigenvalue weighted by Crippen LogP contribution is -2.33. The molecule has 0 amide bonds. The lowest BCUT2D eigenvalue weighted by Gasteiger charge is -2.30. The van der Waals surface area contributed by atoms with Crippen LogP contribution in [0.15, 0.2) is 18.2 Å². The van der Waals surface area contributed by atoms with Crippen LogP contribution in [-0.4, -0.2) is 29.5 Å². The zero-order chi connectivity index (χ0) is 13.5. The highest BCUT2D eigenvalue weighted by molar-refractivity contribution is 5.11. The van der Waals surface area contributed by atoms with Gasteiger partial charge in [0.2, 0.25) is 0 Å². The fraction of sp³-hybridized carbons (Fsp3) is 0.688. The van der Waals surface area contributed by atoms with E-state index in [1.807, 2.05) is 0 Å². The van der Waals surface area contributed by atoms with Crippen LogP contribution >= 0.6 is 0 Å². The maximum absolute atomic E-state index is 4.74. The fourth-order valence-electron chi connectivity index (χ4n) is 2.88. The number of pyridine rings is 1. The number of nitrogens with one attached hydrogen (secondary N) is 1. The van der Waals surface area contributed by atoms with Gasteiger partial charge in [-0.3, -0.25) is 9.88 Å². The van der Waals surface area contributed by atoms with E-state index in [9.17, 15) is 0 Å². The van der Waals surface area contributed by atoms with Crippen LogP contribution in [0, 0.1) is 0 Å². The van der Waals surface area contributed by atoms with Crippen molar-refractivity contribution in [3.8, 4) is 0 Å². The highest BCUT2D eigenvalue weighted by Crippen LogP contribution is 2.22. The molecule has 19 heavy (non-hydrogen) atoms. The molecule has 1 aliphatic carbocycles. The first-order chi connectivity index (χ1) is 9.29. The van der Waals surface area contributed by atoms with Gasteiger partial charge in [-0.15, -0.1) is 0 Å². The van der Waals surface area contributed by atoms with Gasteiger partial charge in [0.05, 0.1) is 11.4 Å². The van der Waals surface area contributed by atoms with E-state index in [0.717, 1.165) is 31.4 Å². The molecule has 1 saturated carbocycles. The minimum Gasteiger partial charge on any atom is -0.311 e. The number of hydrogen-bond donors (Lipinski definition) is 1. The predicted octanol–water partition coefficient (Wildman–Crippen LogP) is 2.96. The number of hydrogen-bond acceptors (Lipinski definition) is 3. The summed E-state index contributed by atoms with van der Waals surface area (Å²) >= 11 is 0. The summed E-state index contributed by atoms with van der Waals surface area (Å²) in [6.45, 7) is 4.97. The first kappa shape index (κ1) is 14.5. The Hall–Kier alpha value is -0.930. The van der Waals surface area contributed by atoms with Crippen LogP contribution in [0.2, 0.25) is 0 Å². The van der Waals surface area contributed by atoms with E-state index in [1.54, 1.807) is 0 Å². The molecule has 0 atom stereocenters. The molecule has 0 unspecified atom stereocenters. The van der Waals surface area contributed by atoms with Gasteiger partial charge in [0, 0.05) is 19.1 Å². The molecule has 2 rings (SSSR count). The number of aromatic nitrogens is 1. The van der Waals surface area contributed by atoms with Crippen molar-refractivity contribution in [1.82, 2.24) is 15.2 Å². The molecule has 1 aromatic heterocycles.